The fraction of sp³-hybridized carbons (Fsp3) is 0.846. The van der Waals surface area contributed by atoms with Crippen molar-refractivity contribution in [2.45, 2.75) is 52.4 Å². The maximum atomic E-state index is 3.80. The molecule has 0 aromatic rings. The molecule has 0 saturated heterocycles. The molecular weight excluding hydrogens is 236 g/mol. The van der Waals surface area contributed by atoms with Gasteiger partial charge in [-0.25, -0.2) is 0 Å². The Morgan fingerprint density at radius 2 is 1.71 bits per heavy atom. The SMILES string of the molecule is C=CCC(C)C(C)CCCCCCBr. The molecule has 0 bridgehead atoms. The quantitative estimate of drug-likeness (QED) is 0.305. The smallest absolute Gasteiger partial charge is 0.00313 e. The number of hydrogen-bond donors (Lipinski definition) is 0. The van der Waals surface area contributed by atoms with Gasteiger partial charge in [-0.05, 0) is 24.7 Å². The minimum absolute atomic E-state index is 0.809. The Bertz CT molecular complexity index is 131. The van der Waals surface area contributed by atoms with E-state index in [-0.39, 0.29) is 0 Å². The van der Waals surface area contributed by atoms with Crippen LogP contribution < -0.4 is 0 Å². The van der Waals surface area contributed by atoms with E-state index in [1.165, 1.54) is 38.5 Å². The summed E-state index contributed by atoms with van der Waals surface area (Å²) in [5.41, 5.74) is 0. The molecule has 0 rings (SSSR count). The number of allylic oxidation sites excluding steroid dienone is 1. The molecule has 0 fully saturated rings. The molecule has 0 saturated carbocycles. The number of alkyl halides is 1. The van der Waals surface area contributed by atoms with Crippen LogP contribution in [0, 0.1) is 11.8 Å². The second-order valence-corrected chi connectivity index (χ2v) is 5.16. The van der Waals surface area contributed by atoms with Gasteiger partial charge in [0.05, 0.1) is 0 Å². The molecule has 0 aliphatic carbocycles. The van der Waals surface area contributed by atoms with E-state index in [2.05, 4.69) is 36.4 Å². The summed E-state index contributed by atoms with van der Waals surface area (Å²) in [5.74, 6) is 1.67. The third-order valence-corrected chi connectivity index (χ3v) is 3.61. The van der Waals surface area contributed by atoms with Crippen molar-refractivity contribution < 1.29 is 0 Å². The molecule has 0 spiro atoms. The summed E-state index contributed by atoms with van der Waals surface area (Å²) in [6.45, 7) is 8.51. The van der Waals surface area contributed by atoms with Crippen LogP contribution in [0.3, 0.4) is 0 Å². The van der Waals surface area contributed by atoms with Crippen LogP contribution >= 0.6 is 15.9 Å². The van der Waals surface area contributed by atoms with E-state index in [9.17, 15) is 0 Å². The molecule has 0 aromatic carbocycles. The fourth-order valence-corrected chi connectivity index (χ4v) is 2.09. The molecule has 0 aromatic heterocycles. The predicted molar refractivity (Wildman–Crippen MR) is 70.0 cm³/mol. The average molecular weight is 261 g/mol. The lowest BCUT2D eigenvalue weighted by molar-refractivity contribution is 0.354. The van der Waals surface area contributed by atoms with Gasteiger partial charge in [0.2, 0.25) is 0 Å². The lowest BCUT2D eigenvalue weighted by Gasteiger charge is -2.18. The standard InChI is InChI=1S/C13H25Br/c1-4-9-12(2)13(3)10-7-5-6-8-11-14/h4,12-13H,1,5-11H2,2-3H3. The highest BCUT2D eigenvalue weighted by atomic mass is 79.9. The minimum Gasteiger partial charge on any atom is -0.103 e. The Balaban J connectivity index is 3.33. The van der Waals surface area contributed by atoms with Gasteiger partial charge in [0.1, 0.15) is 0 Å². The van der Waals surface area contributed by atoms with Crippen LogP contribution in [0.15, 0.2) is 12.7 Å². The zero-order valence-electron chi connectivity index (χ0n) is 9.77. The van der Waals surface area contributed by atoms with Crippen LogP contribution in [0.4, 0.5) is 0 Å². The molecule has 0 N–H and O–H groups in total. The van der Waals surface area contributed by atoms with Crippen molar-refractivity contribution in [2.75, 3.05) is 5.33 Å². The van der Waals surface area contributed by atoms with Gasteiger partial charge < -0.3 is 0 Å². The molecule has 0 heterocycles. The van der Waals surface area contributed by atoms with Gasteiger partial charge in [-0.15, -0.1) is 6.58 Å². The van der Waals surface area contributed by atoms with Crippen LogP contribution in [-0.4, -0.2) is 5.33 Å². The summed E-state index contributed by atoms with van der Waals surface area (Å²) >= 11 is 3.46. The lowest BCUT2D eigenvalue weighted by atomic mass is 9.88. The number of rotatable bonds is 9. The minimum atomic E-state index is 0.809. The number of halogens is 1. The Morgan fingerprint density at radius 1 is 1.07 bits per heavy atom. The summed E-state index contributed by atoms with van der Waals surface area (Å²) in [6, 6.07) is 0. The predicted octanol–water partition coefficient (Wildman–Crippen LogP) is 5.18. The topological polar surface area (TPSA) is 0 Å². The van der Waals surface area contributed by atoms with E-state index in [1.54, 1.807) is 0 Å². The molecule has 14 heavy (non-hydrogen) atoms. The largest absolute Gasteiger partial charge is 0.103 e. The van der Waals surface area contributed by atoms with Crippen LogP contribution in [0.25, 0.3) is 0 Å². The normalized spacial score (nSPS) is 15.1. The van der Waals surface area contributed by atoms with Gasteiger partial charge in [0.25, 0.3) is 0 Å². The van der Waals surface area contributed by atoms with Crippen LogP contribution in [0.2, 0.25) is 0 Å². The molecule has 1 heteroatoms. The molecule has 0 aliphatic rings. The highest BCUT2D eigenvalue weighted by molar-refractivity contribution is 9.09. The van der Waals surface area contributed by atoms with E-state index >= 15 is 0 Å². The summed E-state index contributed by atoms with van der Waals surface area (Å²) < 4.78 is 0. The van der Waals surface area contributed by atoms with E-state index in [0.717, 1.165) is 17.2 Å². The third kappa shape index (κ3) is 7.61. The second-order valence-electron chi connectivity index (χ2n) is 4.37. The van der Waals surface area contributed by atoms with Gasteiger partial charge in [0.15, 0.2) is 0 Å². The fourth-order valence-electron chi connectivity index (χ4n) is 1.69. The van der Waals surface area contributed by atoms with Gasteiger partial charge in [-0.3, -0.25) is 0 Å². The molecule has 0 aliphatic heterocycles. The van der Waals surface area contributed by atoms with Gasteiger partial charge in [0, 0.05) is 5.33 Å². The third-order valence-electron chi connectivity index (χ3n) is 3.05. The van der Waals surface area contributed by atoms with Crippen molar-refractivity contribution in [2.24, 2.45) is 11.8 Å². The maximum absolute atomic E-state index is 3.80. The molecule has 2 atom stereocenters. The van der Waals surface area contributed by atoms with Crippen LogP contribution in [-0.2, 0) is 0 Å². The van der Waals surface area contributed by atoms with Gasteiger partial charge in [-0.2, -0.15) is 0 Å². The summed E-state index contributed by atoms with van der Waals surface area (Å²) in [6.07, 6.45) is 10.1. The molecule has 0 nitrogen and oxygen atoms in total. The molecular formula is C13H25Br. The van der Waals surface area contributed by atoms with E-state index in [1.807, 2.05) is 6.08 Å². The first kappa shape index (κ1) is 14.2. The summed E-state index contributed by atoms with van der Waals surface area (Å²) in [5, 5.41) is 1.16. The van der Waals surface area contributed by atoms with Crippen molar-refractivity contribution in [3.05, 3.63) is 12.7 Å². The highest BCUT2D eigenvalue weighted by Crippen LogP contribution is 2.21. The van der Waals surface area contributed by atoms with Crippen molar-refractivity contribution in [3.8, 4) is 0 Å². The molecule has 0 radical (unpaired) electrons. The first-order valence-electron chi connectivity index (χ1n) is 5.89. The summed E-state index contributed by atoms with van der Waals surface area (Å²) in [4.78, 5) is 0. The zero-order valence-corrected chi connectivity index (χ0v) is 11.4. The van der Waals surface area contributed by atoms with E-state index in [0.29, 0.717) is 0 Å². The van der Waals surface area contributed by atoms with Gasteiger partial charge >= 0.3 is 0 Å². The van der Waals surface area contributed by atoms with Crippen molar-refractivity contribution in [1.29, 1.82) is 0 Å². The average Bonchev–Trinajstić information content (AvgIpc) is 2.17. The Labute approximate surface area is 98.3 Å². The van der Waals surface area contributed by atoms with Crippen molar-refractivity contribution in [3.63, 3.8) is 0 Å². The number of unbranched alkanes of at least 4 members (excludes halogenated alkanes) is 3. The monoisotopic (exact) mass is 260 g/mol. The van der Waals surface area contributed by atoms with Crippen molar-refractivity contribution in [1.82, 2.24) is 0 Å². The molecule has 0 amide bonds. The highest BCUT2D eigenvalue weighted by Gasteiger charge is 2.09. The maximum Gasteiger partial charge on any atom is 0.00313 e. The molecule has 84 valence electrons. The van der Waals surface area contributed by atoms with Crippen LogP contribution in [0.1, 0.15) is 52.4 Å². The van der Waals surface area contributed by atoms with E-state index < -0.39 is 0 Å². The first-order valence-corrected chi connectivity index (χ1v) is 7.01. The molecule has 2 unspecified atom stereocenters. The summed E-state index contributed by atoms with van der Waals surface area (Å²) in [7, 11) is 0. The first-order chi connectivity index (χ1) is 6.72. The lowest BCUT2D eigenvalue weighted by Crippen LogP contribution is -2.06. The van der Waals surface area contributed by atoms with Crippen molar-refractivity contribution >= 4 is 15.9 Å². The second kappa shape index (κ2) is 9.76. The zero-order chi connectivity index (χ0) is 10.8. The number of hydrogen-bond acceptors (Lipinski definition) is 0. The Morgan fingerprint density at radius 3 is 2.29 bits per heavy atom. The van der Waals surface area contributed by atoms with Crippen LogP contribution in [0.5, 0.6) is 0 Å². The Kier molecular flexibility index (Phi) is 9.92. The van der Waals surface area contributed by atoms with Gasteiger partial charge in [-0.1, -0.05) is 61.5 Å². The Hall–Kier alpha value is 0.220. The van der Waals surface area contributed by atoms with E-state index in [4.69, 9.17) is 0 Å².